The van der Waals surface area contributed by atoms with Crippen LogP contribution in [-0.4, -0.2) is 41.0 Å². The molecule has 116 valence electrons. The number of nitrogens with two attached hydrogens (primary N) is 1. The Hall–Kier alpha value is -1.10. The van der Waals surface area contributed by atoms with E-state index in [1.54, 1.807) is 4.90 Å². The second kappa shape index (κ2) is 6.57. The van der Waals surface area contributed by atoms with Gasteiger partial charge in [0.2, 0.25) is 5.91 Å². The molecule has 0 bridgehead atoms. The molecule has 3 unspecified atom stereocenters. The summed E-state index contributed by atoms with van der Waals surface area (Å²) >= 11 is 0. The predicted octanol–water partition coefficient (Wildman–Crippen LogP) is 1.71. The van der Waals surface area contributed by atoms with E-state index in [-0.39, 0.29) is 42.2 Å². The summed E-state index contributed by atoms with van der Waals surface area (Å²) in [6.45, 7) is 9.05. The van der Waals surface area contributed by atoms with Gasteiger partial charge in [-0.3, -0.25) is 9.59 Å². The van der Waals surface area contributed by atoms with E-state index in [1.807, 2.05) is 6.92 Å². The molecule has 0 aromatic rings. The topological polar surface area (TPSA) is 83.6 Å². The van der Waals surface area contributed by atoms with Crippen molar-refractivity contribution < 1.29 is 14.7 Å². The highest BCUT2D eigenvalue weighted by Gasteiger charge is 2.45. The lowest BCUT2D eigenvalue weighted by atomic mass is 9.60. The van der Waals surface area contributed by atoms with Gasteiger partial charge in [-0.15, -0.1) is 0 Å². The zero-order valence-corrected chi connectivity index (χ0v) is 13.1. The standard InChI is InChI=1S/C15H28N2O3/c1-5-17(9-8-13(18)19)14(20)11-6-7-12(16)10(2)15(11,3)4/h10-12H,5-9,16H2,1-4H3,(H,18,19). The largest absolute Gasteiger partial charge is 0.481 e. The molecule has 0 aromatic heterocycles. The van der Waals surface area contributed by atoms with Crippen LogP contribution in [0.5, 0.6) is 0 Å². The van der Waals surface area contributed by atoms with Crippen LogP contribution in [0.3, 0.4) is 0 Å². The lowest BCUT2D eigenvalue weighted by molar-refractivity contribution is -0.144. The van der Waals surface area contributed by atoms with Gasteiger partial charge in [-0.1, -0.05) is 20.8 Å². The average Bonchev–Trinajstić information content (AvgIpc) is 2.36. The number of carboxylic acids is 1. The molecule has 0 spiro atoms. The maximum atomic E-state index is 12.7. The van der Waals surface area contributed by atoms with Gasteiger partial charge in [0, 0.05) is 25.0 Å². The van der Waals surface area contributed by atoms with Crippen LogP contribution in [0.2, 0.25) is 0 Å². The van der Waals surface area contributed by atoms with Crippen LogP contribution in [-0.2, 0) is 9.59 Å². The molecule has 1 rings (SSSR count). The molecule has 20 heavy (non-hydrogen) atoms. The minimum Gasteiger partial charge on any atom is -0.481 e. The maximum absolute atomic E-state index is 12.7. The highest BCUT2D eigenvalue weighted by Crippen LogP contribution is 2.45. The predicted molar refractivity (Wildman–Crippen MR) is 78.2 cm³/mol. The van der Waals surface area contributed by atoms with Gasteiger partial charge in [0.05, 0.1) is 6.42 Å². The number of amides is 1. The van der Waals surface area contributed by atoms with Crippen LogP contribution >= 0.6 is 0 Å². The van der Waals surface area contributed by atoms with Crippen LogP contribution in [0.1, 0.15) is 47.0 Å². The summed E-state index contributed by atoms with van der Waals surface area (Å²) in [5.41, 5.74) is 5.97. The number of hydrogen-bond acceptors (Lipinski definition) is 3. The Morgan fingerprint density at radius 2 is 1.95 bits per heavy atom. The smallest absolute Gasteiger partial charge is 0.305 e. The minimum atomic E-state index is -0.866. The molecule has 0 aliphatic heterocycles. The van der Waals surface area contributed by atoms with Crippen LogP contribution < -0.4 is 5.73 Å². The third-order valence-corrected chi connectivity index (χ3v) is 5.09. The first-order valence-corrected chi connectivity index (χ1v) is 7.48. The molecule has 5 heteroatoms. The molecule has 1 aliphatic rings. The summed E-state index contributed by atoms with van der Waals surface area (Å²) in [4.78, 5) is 25.1. The fraction of sp³-hybridized carbons (Fsp3) is 0.867. The van der Waals surface area contributed by atoms with Gasteiger partial charge in [0.25, 0.3) is 0 Å². The zero-order chi connectivity index (χ0) is 15.5. The van der Waals surface area contributed by atoms with Crippen molar-refractivity contribution >= 4 is 11.9 Å². The lowest BCUT2D eigenvalue weighted by Crippen LogP contribution is -2.52. The SMILES string of the molecule is CCN(CCC(=O)O)C(=O)C1CCC(N)C(C)C1(C)C. The number of rotatable bonds is 5. The first kappa shape index (κ1) is 17.0. The van der Waals surface area contributed by atoms with E-state index >= 15 is 0 Å². The number of carboxylic acid groups (broad SMARTS) is 1. The van der Waals surface area contributed by atoms with Crippen LogP contribution in [0.25, 0.3) is 0 Å². The van der Waals surface area contributed by atoms with Crippen LogP contribution in [0.15, 0.2) is 0 Å². The summed E-state index contributed by atoms with van der Waals surface area (Å²) in [6, 6.07) is 0.142. The third kappa shape index (κ3) is 3.51. The third-order valence-electron chi connectivity index (χ3n) is 5.09. The van der Waals surface area contributed by atoms with E-state index in [0.717, 1.165) is 12.8 Å². The molecular weight excluding hydrogens is 256 g/mol. The number of nitrogens with zero attached hydrogens (tertiary/aromatic N) is 1. The molecule has 0 heterocycles. The van der Waals surface area contributed by atoms with Gasteiger partial charge in [-0.25, -0.2) is 0 Å². The molecule has 0 aromatic carbocycles. The molecule has 3 atom stereocenters. The van der Waals surface area contributed by atoms with Crippen molar-refractivity contribution in [3.63, 3.8) is 0 Å². The normalized spacial score (nSPS) is 28.9. The summed E-state index contributed by atoms with van der Waals surface area (Å²) in [7, 11) is 0. The quantitative estimate of drug-likeness (QED) is 0.805. The molecule has 1 saturated carbocycles. The molecule has 0 radical (unpaired) electrons. The zero-order valence-electron chi connectivity index (χ0n) is 13.1. The Labute approximate surface area is 121 Å². The van der Waals surface area contributed by atoms with E-state index in [4.69, 9.17) is 10.8 Å². The van der Waals surface area contributed by atoms with Crippen molar-refractivity contribution in [2.45, 2.75) is 53.0 Å². The van der Waals surface area contributed by atoms with E-state index in [1.165, 1.54) is 0 Å². The Morgan fingerprint density at radius 1 is 1.35 bits per heavy atom. The van der Waals surface area contributed by atoms with Crippen molar-refractivity contribution in [1.82, 2.24) is 4.90 Å². The number of hydrogen-bond donors (Lipinski definition) is 2. The van der Waals surface area contributed by atoms with E-state index in [0.29, 0.717) is 6.54 Å². The second-order valence-electron chi connectivity index (χ2n) is 6.47. The Morgan fingerprint density at radius 3 is 2.45 bits per heavy atom. The Kier molecular flexibility index (Phi) is 5.57. The van der Waals surface area contributed by atoms with E-state index < -0.39 is 5.97 Å². The van der Waals surface area contributed by atoms with Crippen LogP contribution in [0.4, 0.5) is 0 Å². The molecule has 5 nitrogen and oxygen atoms in total. The lowest BCUT2D eigenvalue weighted by Gasteiger charge is -2.47. The fourth-order valence-electron chi connectivity index (χ4n) is 3.17. The summed E-state index contributed by atoms with van der Waals surface area (Å²) in [5, 5.41) is 8.77. The maximum Gasteiger partial charge on any atom is 0.305 e. The molecule has 1 aliphatic carbocycles. The van der Waals surface area contributed by atoms with Gasteiger partial charge in [0.15, 0.2) is 0 Å². The first-order chi connectivity index (χ1) is 9.21. The van der Waals surface area contributed by atoms with Crippen molar-refractivity contribution in [1.29, 1.82) is 0 Å². The van der Waals surface area contributed by atoms with E-state index in [2.05, 4.69) is 20.8 Å². The number of aliphatic carboxylic acids is 1. The highest BCUT2D eigenvalue weighted by molar-refractivity contribution is 5.80. The van der Waals surface area contributed by atoms with Gasteiger partial charge in [-0.2, -0.15) is 0 Å². The van der Waals surface area contributed by atoms with Crippen molar-refractivity contribution in [3.05, 3.63) is 0 Å². The summed E-state index contributed by atoms with van der Waals surface area (Å²) in [6.07, 6.45) is 1.65. The summed E-state index contributed by atoms with van der Waals surface area (Å²) in [5.74, 6) is -0.568. The van der Waals surface area contributed by atoms with Gasteiger partial charge in [-0.05, 0) is 31.1 Å². The molecule has 1 amide bonds. The molecule has 3 N–H and O–H groups in total. The van der Waals surface area contributed by atoms with Crippen molar-refractivity contribution in [3.8, 4) is 0 Å². The molecular formula is C15H28N2O3. The number of carbonyl (C=O) groups excluding carboxylic acids is 1. The Balaban J connectivity index is 2.80. The average molecular weight is 284 g/mol. The minimum absolute atomic E-state index is 0.00178. The van der Waals surface area contributed by atoms with Crippen molar-refractivity contribution in [2.75, 3.05) is 13.1 Å². The number of carbonyl (C=O) groups is 2. The Bertz CT molecular complexity index is 368. The van der Waals surface area contributed by atoms with Crippen LogP contribution in [0, 0.1) is 17.3 Å². The van der Waals surface area contributed by atoms with E-state index in [9.17, 15) is 9.59 Å². The highest BCUT2D eigenvalue weighted by atomic mass is 16.4. The first-order valence-electron chi connectivity index (χ1n) is 7.48. The van der Waals surface area contributed by atoms with Crippen molar-refractivity contribution in [2.24, 2.45) is 23.0 Å². The van der Waals surface area contributed by atoms with Gasteiger partial charge in [0.1, 0.15) is 0 Å². The summed E-state index contributed by atoms with van der Waals surface area (Å²) < 4.78 is 0. The monoisotopic (exact) mass is 284 g/mol. The van der Waals surface area contributed by atoms with Gasteiger partial charge >= 0.3 is 5.97 Å². The second-order valence-corrected chi connectivity index (χ2v) is 6.47. The fourth-order valence-corrected chi connectivity index (χ4v) is 3.17. The molecule has 0 saturated heterocycles. The molecule has 1 fully saturated rings. The van der Waals surface area contributed by atoms with Gasteiger partial charge < -0.3 is 15.7 Å².